The second-order valence-corrected chi connectivity index (χ2v) is 5.93. The Kier molecular flexibility index (Phi) is 3.93. The van der Waals surface area contributed by atoms with Crippen LogP contribution in [0.25, 0.3) is 0 Å². The van der Waals surface area contributed by atoms with E-state index in [4.69, 9.17) is 0 Å². The number of aliphatic hydroxyl groups is 1. The van der Waals surface area contributed by atoms with Gasteiger partial charge in [0.15, 0.2) is 0 Å². The SMILES string of the molecule is O=c1c(C2(O)CCCCC2)cccn1Cc1ccccc1. The van der Waals surface area contributed by atoms with Gasteiger partial charge in [-0.3, -0.25) is 4.79 Å². The summed E-state index contributed by atoms with van der Waals surface area (Å²) in [5, 5.41) is 10.8. The van der Waals surface area contributed by atoms with Crippen molar-refractivity contribution in [3.63, 3.8) is 0 Å². The molecular formula is C18H21NO2. The Morgan fingerprint density at radius 3 is 2.43 bits per heavy atom. The first-order valence-electron chi connectivity index (χ1n) is 7.65. The minimum atomic E-state index is -0.935. The van der Waals surface area contributed by atoms with E-state index in [9.17, 15) is 9.90 Å². The van der Waals surface area contributed by atoms with E-state index in [1.54, 1.807) is 16.8 Å². The van der Waals surface area contributed by atoms with E-state index in [2.05, 4.69) is 0 Å². The Morgan fingerprint density at radius 1 is 1.00 bits per heavy atom. The van der Waals surface area contributed by atoms with E-state index >= 15 is 0 Å². The van der Waals surface area contributed by atoms with E-state index in [0.717, 1.165) is 24.8 Å². The summed E-state index contributed by atoms with van der Waals surface area (Å²) in [6.07, 6.45) is 6.31. The van der Waals surface area contributed by atoms with Gasteiger partial charge >= 0.3 is 0 Å². The summed E-state index contributed by atoms with van der Waals surface area (Å²) in [5.74, 6) is 0. The van der Waals surface area contributed by atoms with Crippen LogP contribution in [0.15, 0.2) is 53.5 Å². The molecule has 1 aliphatic carbocycles. The summed E-state index contributed by atoms with van der Waals surface area (Å²) in [6.45, 7) is 0.545. The van der Waals surface area contributed by atoms with E-state index in [1.807, 2.05) is 36.4 Å². The number of benzene rings is 1. The van der Waals surface area contributed by atoms with Gasteiger partial charge in [0.2, 0.25) is 0 Å². The molecule has 0 unspecified atom stereocenters. The highest BCUT2D eigenvalue weighted by Crippen LogP contribution is 2.35. The van der Waals surface area contributed by atoms with E-state index in [0.29, 0.717) is 24.9 Å². The van der Waals surface area contributed by atoms with E-state index in [1.165, 1.54) is 0 Å². The van der Waals surface area contributed by atoms with Crippen molar-refractivity contribution in [1.29, 1.82) is 0 Å². The highest BCUT2D eigenvalue weighted by Gasteiger charge is 2.33. The van der Waals surface area contributed by atoms with Gasteiger partial charge < -0.3 is 9.67 Å². The van der Waals surface area contributed by atoms with E-state index in [-0.39, 0.29) is 5.56 Å². The van der Waals surface area contributed by atoms with Crippen LogP contribution in [-0.2, 0) is 12.1 Å². The van der Waals surface area contributed by atoms with Crippen LogP contribution in [0, 0.1) is 0 Å². The molecule has 2 aromatic rings. The maximum atomic E-state index is 12.7. The van der Waals surface area contributed by atoms with Crippen molar-refractivity contribution in [1.82, 2.24) is 4.57 Å². The molecule has 0 amide bonds. The monoisotopic (exact) mass is 283 g/mol. The first-order chi connectivity index (χ1) is 10.2. The lowest BCUT2D eigenvalue weighted by Crippen LogP contribution is -2.37. The second kappa shape index (κ2) is 5.86. The van der Waals surface area contributed by atoms with Gasteiger partial charge in [0.25, 0.3) is 5.56 Å². The first kappa shape index (κ1) is 14.1. The fourth-order valence-electron chi connectivity index (χ4n) is 3.20. The number of hydrogen-bond acceptors (Lipinski definition) is 2. The van der Waals surface area contributed by atoms with Crippen LogP contribution in [0.3, 0.4) is 0 Å². The van der Waals surface area contributed by atoms with Gasteiger partial charge in [-0.15, -0.1) is 0 Å². The van der Waals surface area contributed by atoms with Crippen LogP contribution in [0.5, 0.6) is 0 Å². The lowest BCUT2D eigenvalue weighted by molar-refractivity contribution is -0.00228. The maximum absolute atomic E-state index is 12.7. The van der Waals surface area contributed by atoms with Crippen LogP contribution >= 0.6 is 0 Å². The molecular weight excluding hydrogens is 262 g/mol. The number of hydrogen-bond donors (Lipinski definition) is 1. The maximum Gasteiger partial charge on any atom is 0.256 e. The van der Waals surface area contributed by atoms with Gasteiger partial charge in [0.05, 0.1) is 12.1 Å². The number of rotatable bonds is 3. The second-order valence-electron chi connectivity index (χ2n) is 5.93. The molecule has 0 aliphatic heterocycles. The third kappa shape index (κ3) is 2.93. The van der Waals surface area contributed by atoms with Crippen molar-refractivity contribution in [3.05, 3.63) is 70.1 Å². The quantitative estimate of drug-likeness (QED) is 0.940. The fraction of sp³-hybridized carbons (Fsp3) is 0.389. The standard InChI is InChI=1S/C18H21NO2/c20-17-16(18(21)11-5-2-6-12-18)10-7-13-19(17)14-15-8-3-1-4-9-15/h1,3-4,7-10,13,21H,2,5-6,11-12,14H2. The molecule has 3 heteroatoms. The van der Waals surface area contributed by atoms with Crippen molar-refractivity contribution >= 4 is 0 Å². The van der Waals surface area contributed by atoms with Crippen LogP contribution in [0.4, 0.5) is 0 Å². The minimum absolute atomic E-state index is 0.0641. The van der Waals surface area contributed by atoms with Crippen molar-refractivity contribution in [2.45, 2.75) is 44.2 Å². The van der Waals surface area contributed by atoms with Crippen molar-refractivity contribution < 1.29 is 5.11 Å². The van der Waals surface area contributed by atoms with Crippen LogP contribution in [0.1, 0.15) is 43.2 Å². The largest absolute Gasteiger partial charge is 0.385 e. The molecule has 1 aromatic heterocycles. The number of nitrogens with zero attached hydrogens (tertiary/aromatic N) is 1. The molecule has 1 aromatic carbocycles. The normalized spacial score (nSPS) is 17.6. The molecule has 110 valence electrons. The number of pyridine rings is 1. The van der Waals surface area contributed by atoms with Crippen LogP contribution < -0.4 is 5.56 Å². The molecule has 1 N–H and O–H groups in total. The Hall–Kier alpha value is -1.87. The smallest absolute Gasteiger partial charge is 0.256 e. The summed E-state index contributed by atoms with van der Waals surface area (Å²) in [4.78, 5) is 12.7. The lowest BCUT2D eigenvalue weighted by Gasteiger charge is -2.32. The average molecular weight is 283 g/mol. The molecule has 1 aliphatic rings. The van der Waals surface area contributed by atoms with Crippen LogP contribution in [0.2, 0.25) is 0 Å². The summed E-state index contributed by atoms with van der Waals surface area (Å²) >= 11 is 0. The average Bonchev–Trinajstić information content (AvgIpc) is 2.51. The minimum Gasteiger partial charge on any atom is -0.385 e. The predicted octanol–water partition coefficient (Wildman–Crippen LogP) is 3.05. The van der Waals surface area contributed by atoms with Gasteiger partial charge in [0.1, 0.15) is 0 Å². The van der Waals surface area contributed by atoms with Gasteiger partial charge in [0, 0.05) is 11.8 Å². The summed E-state index contributed by atoms with van der Waals surface area (Å²) in [7, 11) is 0. The summed E-state index contributed by atoms with van der Waals surface area (Å²) in [6, 6.07) is 13.6. The van der Waals surface area contributed by atoms with Crippen molar-refractivity contribution in [2.24, 2.45) is 0 Å². The van der Waals surface area contributed by atoms with Gasteiger partial charge in [-0.2, -0.15) is 0 Å². The summed E-state index contributed by atoms with van der Waals surface area (Å²) < 4.78 is 1.69. The molecule has 3 nitrogen and oxygen atoms in total. The van der Waals surface area contributed by atoms with Gasteiger partial charge in [-0.25, -0.2) is 0 Å². The molecule has 0 spiro atoms. The Bertz CT molecular complexity index is 654. The molecule has 3 rings (SSSR count). The molecule has 1 fully saturated rings. The van der Waals surface area contributed by atoms with Crippen molar-refractivity contribution in [3.8, 4) is 0 Å². The third-order valence-electron chi connectivity index (χ3n) is 4.40. The predicted molar refractivity (Wildman–Crippen MR) is 83.2 cm³/mol. The Morgan fingerprint density at radius 2 is 1.71 bits per heavy atom. The zero-order chi connectivity index (χ0) is 14.7. The fourth-order valence-corrected chi connectivity index (χ4v) is 3.20. The molecule has 0 bridgehead atoms. The first-order valence-corrected chi connectivity index (χ1v) is 7.65. The Balaban J connectivity index is 1.94. The molecule has 1 heterocycles. The molecule has 0 saturated heterocycles. The highest BCUT2D eigenvalue weighted by atomic mass is 16.3. The number of aromatic nitrogens is 1. The van der Waals surface area contributed by atoms with Crippen LogP contribution in [-0.4, -0.2) is 9.67 Å². The van der Waals surface area contributed by atoms with Crippen molar-refractivity contribution in [2.75, 3.05) is 0 Å². The Labute approximate surface area is 124 Å². The molecule has 21 heavy (non-hydrogen) atoms. The summed E-state index contributed by atoms with van der Waals surface area (Å²) in [5.41, 5.74) is 0.647. The lowest BCUT2D eigenvalue weighted by atomic mass is 9.80. The topological polar surface area (TPSA) is 42.2 Å². The van der Waals surface area contributed by atoms with E-state index < -0.39 is 5.60 Å². The zero-order valence-electron chi connectivity index (χ0n) is 12.2. The molecule has 0 atom stereocenters. The van der Waals surface area contributed by atoms with Gasteiger partial charge in [-0.05, 0) is 30.5 Å². The molecule has 0 radical (unpaired) electrons. The highest BCUT2D eigenvalue weighted by molar-refractivity contribution is 5.21. The zero-order valence-corrected chi connectivity index (χ0v) is 12.2. The third-order valence-corrected chi connectivity index (χ3v) is 4.40. The molecule has 1 saturated carbocycles. The van der Waals surface area contributed by atoms with Gasteiger partial charge in [-0.1, -0.05) is 49.6 Å².